The van der Waals surface area contributed by atoms with Gasteiger partial charge in [-0.25, -0.2) is 0 Å². The van der Waals surface area contributed by atoms with Crippen LogP contribution in [0.4, 0.5) is 0 Å². The molecule has 3 heteroatoms. The predicted molar refractivity (Wildman–Crippen MR) is 68.7 cm³/mol. The van der Waals surface area contributed by atoms with E-state index in [4.69, 9.17) is 4.74 Å². The summed E-state index contributed by atoms with van der Waals surface area (Å²) in [6.45, 7) is 6.86. The second-order valence-electron chi connectivity index (χ2n) is 4.31. The van der Waals surface area contributed by atoms with Gasteiger partial charge in [0.2, 0.25) is 0 Å². The van der Waals surface area contributed by atoms with Crippen LogP contribution in [0.5, 0.6) is 0 Å². The highest BCUT2D eigenvalue weighted by atomic mass is 79.9. The molecule has 0 saturated carbocycles. The van der Waals surface area contributed by atoms with Crippen LogP contribution in [0.25, 0.3) is 0 Å². The van der Waals surface area contributed by atoms with Crippen LogP contribution in [-0.4, -0.2) is 42.6 Å². The van der Waals surface area contributed by atoms with E-state index < -0.39 is 0 Å². The van der Waals surface area contributed by atoms with Crippen molar-refractivity contribution in [2.75, 3.05) is 31.6 Å². The van der Waals surface area contributed by atoms with E-state index in [1.54, 1.807) is 0 Å². The third kappa shape index (κ3) is 5.88. The van der Waals surface area contributed by atoms with Gasteiger partial charge in [0.05, 0.1) is 6.10 Å². The maximum absolute atomic E-state index is 5.65. The molecule has 0 bridgehead atoms. The van der Waals surface area contributed by atoms with Crippen LogP contribution >= 0.6 is 15.9 Å². The summed E-state index contributed by atoms with van der Waals surface area (Å²) in [5.41, 5.74) is 0. The van der Waals surface area contributed by atoms with Gasteiger partial charge in [0.25, 0.3) is 0 Å². The normalized spacial score (nSPS) is 21.4. The first-order valence-corrected chi connectivity index (χ1v) is 7.39. The van der Waals surface area contributed by atoms with Crippen LogP contribution in [0.15, 0.2) is 0 Å². The third-order valence-electron chi connectivity index (χ3n) is 3.02. The molecule has 1 heterocycles. The lowest BCUT2D eigenvalue weighted by atomic mass is 10.1. The molecule has 1 saturated heterocycles. The summed E-state index contributed by atoms with van der Waals surface area (Å²) in [4.78, 5) is 2.56. The Morgan fingerprint density at radius 3 is 2.80 bits per heavy atom. The Morgan fingerprint density at radius 1 is 1.33 bits per heavy atom. The number of rotatable bonds is 8. The van der Waals surface area contributed by atoms with E-state index in [0.717, 1.165) is 11.9 Å². The molecule has 15 heavy (non-hydrogen) atoms. The number of alkyl halides is 1. The maximum Gasteiger partial charge on any atom is 0.0588 e. The summed E-state index contributed by atoms with van der Waals surface area (Å²) >= 11 is 3.52. The van der Waals surface area contributed by atoms with Gasteiger partial charge in [0, 0.05) is 25.0 Å². The third-order valence-corrected chi connectivity index (χ3v) is 3.37. The average molecular weight is 278 g/mol. The van der Waals surface area contributed by atoms with Crippen molar-refractivity contribution in [3.05, 3.63) is 0 Å². The van der Waals surface area contributed by atoms with Crippen molar-refractivity contribution in [2.24, 2.45) is 0 Å². The maximum atomic E-state index is 5.65. The monoisotopic (exact) mass is 277 g/mol. The zero-order valence-electron chi connectivity index (χ0n) is 9.88. The van der Waals surface area contributed by atoms with Crippen LogP contribution in [-0.2, 0) is 4.74 Å². The van der Waals surface area contributed by atoms with Crippen LogP contribution in [0.1, 0.15) is 39.0 Å². The predicted octanol–water partition coefficient (Wildman–Crippen LogP) is 3.05. The molecular weight excluding hydrogens is 254 g/mol. The minimum atomic E-state index is 0.546. The summed E-state index contributed by atoms with van der Waals surface area (Å²) in [6.07, 6.45) is 6.91. The summed E-state index contributed by atoms with van der Waals surface area (Å²) in [5, 5.41) is 1.09. The van der Waals surface area contributed by atoms with Gasteiger partial charge in [0.15, 0.2) is 0 Å². The first-order valence-electron chi connectivity index (χ1n) is 6.26. The van der Waals surface area contributed by atoms with Gasteiger partial charge in [-0.2, -0.15) is 0 Å². The second-order valence-corrected chi connectivity index (χ2v) is 5.10. The lowest BCUT2D eigenvalue weighted by Crippen LogP contribution is -2.30. The number of hydrogen-bond acceptors (Lipinski definition) is 2. The lowest BCUT2D eigenvalue weighted by molar-refractivity contribution is 0.0926. The van der Waals surface area contributed by atoms with Crippen LogP contribution in [0, 0.1) is 0 Å². The Kier molecular flexibility index (Phi) is 7.67. The smallest absolute Gasteiger partial charge is 0.0588 e. The van der Waals surface area contributed by atoms with Crippen molar-refractivity contribution in [3.8, 4) is 0 Å². The van der Waals surface area contributed by atoms with Crippen molar-refractivity contribution in [1.29, 1.82) is 0 Å². The van der Waals surface area contributed by atoms with Gasteiger partial charge in [-0.3, -0.25) is 0 Å². The molecule has 90 valence electrons. The van der Waals surface area contributed by atoms with E-state index >= 15 is 0 Å². The highest BCUT2D eigenvalue weighted by molar-refractivity contribution is 9.09. The van der Waals surface area contributed by atoms with Gasteiger partial charge < -0.3 is 9.64 Å². The van der Waals surface area contributed by atoms with Crippen LogP contribution in [0.2, 0.25) is 0 Å². The van der Waals surface area contributed by atoms with Crippen molar-refractivity contribution in [3.63, 3.8) is 0 Å². The first-order chi connectivity index (χ1) is 7.36. The minimum Gasteiger partial charge on any atom is -0.378 e. The van der Waals surface area contributed by atoms with Crippen molar-refractivity contribution < 1.29 is 4.74 Å². The molecule has 0 aromatic rings. The Bertz CT molecular complexity index is 149. The average Bonchev–Trinajstić information content (AvgIpc) is 2.75. The van der Waals surface area contributed by atoms with Gasteiger partial charge in [-0.15, -0.1) is 0 Å². The first kappa shape index (κ1) is 13.5. The van der Waals surface area contributed by atoms with Crippen molar-refractivity contribution >= 4 is 15.9 Å². The van der Waals surface area contributed by atoms with E-state index in [2.05, 4.69) is 27.8 Å². The molecule has 2 nitrogen and oxygen atoms in total. The van der Waals surface area contributed by atoms with E-state index in [1.165, 1.54) is 51.7 Å². The van der Waals surface area contributed by atoms with Crippen LogP contribution in [0.3, 0.4) is 0 Å². The quantitative estimate of drug-likeness (QED) is 0.633. The number of nitrogens with zero attached hydrogens (tertiary/aromatic N) is 1. The number of halogens is 1. The fraction of sp³-hybridized carbons (Fsp3) is 1.00. The summed E-state index contributed by atoms with van der Waals surface area (Å²) in [6, 6.07) is 0. The summed E-state index contributed by atoms with van der Waals surface area (Å²) < 4.78 is 5.65. The molecule has 0 aromatic carbocycles. The molecule has 1 unspecified atom stereocenters. The van der Waals surface area contributed by atoms with Gasteiger partial charge in [-0.1, -0.05) is 29.3 Å². The molecule has 0 radical (unpaired) electrons. The van der Waals surface area contributed by atoms with Gasteiger partial charge in [0.1, 0.15) is 0 Å². The van der Waals surface area contributed by atoms with E-state index in [0.29, 0.717) is 6.10 Å². The molecule has 0 N–H and O–H groups in total. The standard InChI is InChI=1S/C12H24BrNO/c1-2-3-8-14(10-7-13)9-6-12-5-4-11-15-12/h12H,2-11H2,1H3. The van der Waals surface area contributed by atoms with Gasteiger partial charge in [-0.05, 0) is 32.2 Å². The van der Waals surface area contributed by atoms with Crippen molar-refractivity contribution in [1.82, 2.24) is 4.90 Å². The van der Waals surface area contributed by atoms with E-state index in [1.807, 2.05) is 0 Å². The van der Waals surface area contributed by atoms with E-state index in [-0.39, 0.29) is 0 Å². The van der Waals surface area contributed by atoms with E-state index in [9.17, 15) is 0 Å². The Hall–Kier alpha value is 0.400. The largest absolute Gasteiger partial charge is 0.378 e. The van der Waals surface area contributed by atoms with Crippen LogP contribution < -0.4 is 0 Å². The molecule has 1 aliphatic rings. The SMILES string of the molecule is CCCCN(CCBr)CCC1CCCO1. The Balaban J connectivity index is 2.11. The molecule has 1 atom stereocenters. The lowest BCUT2D eigenvalue weighted by Gasteiger charge is -2.22. The molecule has 1 aliphatic heterocycles. The molecule has 0 aromatic heterocycles. The summed E-state index contributed by atoms with van der Waals surface area (Å²) in [5.74, 6) is 0. The summed E-state index contributed by atoms with van der Waals surface area (Å²) in [7, 11) is 0. The highest BCUT2D eigenvalue weighted by Crippen LogP contribution is 2.15. The molecule has 0 amide bonds. The minimum absolute atomic E-state index is 0.546. The number of unbranched alkanes of at least 4 members (excludes halogenated alkanes) is 1. The Labute approximate surface area is 102 Å². The van der Waals surface area contributed by atoms with Gasteiger partial charge >= 0.3 is 0 Å². The molecule has 1 fully saturated rings. The zero-order chi connectivity index (χ0) is 10.9. The molecular formula is C12H24BrNO. The fourth-order valence-electron chi connectivity index (χ4n) is 2.04. The molecule has 1 rings (SSSR count). The van der Waals surface area contributed by atoms with Crippen molar-refractivity contribution in [2.45, 2.75) is 45.1 Å². The number of hydrogen-bond donors (Lipinski definition) is 0. The zero-order valence-corrected chi connectivity index (χ0v) is 11.5. The topological polar surface area (TPSA) is 12.5 Å². The molecule has 0 aliphatic carbocycles. The highest BCUT2D eigenvalue weighted by Gasteiger charge is 2.16. The molecule has 0 spiro atoms. The number of ether oxygens (including phenoxy) is 1. The Morgan fingerprint density at radius 2 is 2.20 bits per heavy atom. The second kappa shape index (κ2) is 8.54. The fourth-order valence-corrected chi connectivity index (χ4v) is 2.54.